The highest BCUT2D eigenvalue weighted by atomic mass is 15.4. The van der Waals surface area contributed by atoms with Crippen molar-refractivity contribution in [1.29, 1.82) is 0 Å². The molecule has 2 heterocycles. The standard InChI is InChI=1S/C13H22N6/c1-5-19-12(4)13(11(3)16-19)10(2)14-6-8-18-9-7-15-17-18/h7,9-10,14H,5-6,8H2,1-4H3. The molecular weight excluding hydrogens is 240 g/mol. The third-order valence-corrected chi connectivity index (χ3v) is 3.43. The SMILES string of the molecule is CCn1nc(C)c(C(C)NCCn2ccnn2)c1C. The lowest BCUT2D eigenvalue weighted by Gasteiger charge is -2.14. The van der Waals surface area contributed by atoms with E-state index in [1.165, 1.54) is 11.3 Å². The van der Waals surface area contributed by atoms with Crippen molar-refractivity contribution in [3.05, 3.63) is 29.3 Å². The van der Waals surface area contributed by atoms with Crippen molar-refractivity contribution in [3.63, 3.8) is 0 Å². The first-order chi connectivity index (χ1) is 9.13. The van der Waals surface area contributed by atoms with Gasteiger partial charge in [-0.05, 0) is 27.7 Å². The first-order valence-electron chi connectivity index (χ1n) is 6.74. The second kappa shape index (κ2) is 5.97. The number of nitrogens with zero attached hydrogens (tertiary/aromatic N) is 5. The number of hydrogen-bond donors (Lipinski definition) is 1. The molecule has 0 aliphatic rings. The maximum absolute atomic E-state index is 4.56. The Morgan fingerprint density at radius 3 is 2.74 bits per heavy atom. The van der Waals surface area contributed by atoms with E-state index in [4.69, 9.17) is 0 Å². The summed E-state index contributed by atoms with van der Waals surface area (Å²) in [6, 6.07) is 0.295. The van der Waals surface area contributed by atoms with Crippen molar-refractivity contribution in [2.75, 3.05) is 6.54 Å². The van der Waals surface area contributed by atoms with E-state index in [9.17, 15) is 0 Å². The minimum absolute atomic E-state index is 0.295. The Morgan fingerprint density at radius 2 is 2.16 bits per heavy atom. The molecule has 19 heavy (non-hydrogen) atoms. The monoisotopic (exact) mass is 262 g/mol. The minimum atomic E-state index is 0.295. The van der Waals surface area contributed by atoms with Crippen LogP contribution >= 0.6 is 0 Å². The molecule has 2 rings (SSSR count). The minimum Gasteiger partial charge on any atom is -0.308 e. The second-order valence-corrected chi connectivity index (χ2v) is 4.74. The van der Waals surface area contributed by atoms with Crippen LogP contribution in [-0.2, 0) is 13.1 Å². The van der Waals surface area contributed by atoms with Crippen LogP contribution in [0.25, 0.3) is 0 Å². The van der Waals surface area contributed by atoms with Crippen LogP contribution < -0.4 is 5.32 Å². The highest BCUT2D eigenvalue weighted by Crippen LogP contribution is 2.20. The predicted molar refractivity (Wildman–Crippen MR) is 73.8 cm³/mol. The zero-order valence-electron chi connectivity index (χ0n) is 12.1. The topological polar surface area (TPSA) is 60.6 Å². The number of aromatic nitrogens is 5. The van der Waals surface area contributed by atoms with Gasteiger partial charge in [0.1, 0.15) is 0 Å². The van der Waals surface area contributed by atoms with Gasteiger partial charge in [-0.2, -0.15) is 5.10 Å². The van der Waals surface area contributed by atoms with Gasteiger partial charge in [0.2, 0.25) is 0 Å². The molecule has 6 heteroatoms. The fourth-order valence-corrected chi connectivity index (χ4v) is 2.49. The Hall–Kier alpha value is -1.69. The molecule has 2 aromatic rings. The van der Waals surface area contributed by atoms with Gasteiger partial charge in [0.25, 0.3) is 0 Å². The molecule has 1 N–H and O–H groups in total. The highest BCUT2D eigenvalue weighted by molar-refractivity contribution is 5.27. The number of aryl methyl sites for hydroxylation is 2. The van der Waals surface area contributed by atoms with Crippen molar-refractivity contribution >= 4 is 0 Å². The zero-order chi connectivity index (χ0) is 13.8. The summed E-state index contributed by atoms with van der Waals surface area (Å²) in [7, 11) is 0. The molecule has 0 bridgehead atoms. The van der Waals surface area contributed by atoms with Gasteiger partial charge < -0.3 is 5.32 Å². The summed E-state index contributed by atoms with van der Waals surface area (Å²) < 4.78 is 3.88. The largest absolute Gasteiger partial charge is 0.308 e. The average Bonchev–Trinajstić information content (AvgIpc) is 2.97. The lowest BCUT2D eigenvalue weighted by atomic mass is 10.1. The summed E-state index contributed by atoms with van der Waals surface area (Å²) in [6.45, 7) is 11.1. The lowest BCUT2D eigenvalue weighted by Crippen LogP contribution is -2.24. The molecular formula is C13H22N6. The zero-order valence-corrected chi connectivity index (χ0v) is 12.1. The molecule has 0 spiro atoms. The molecule has 0 saturated carbocycles. The van der Waals surface area contributed by atoms with Gasteiger partial charge in [-0.15, -0.1) is 5.10 Å². The summed E-state index contributed by atoms with van der Waals surface area (Å²) in [5, 5.41) is 15.8. The van der Waals surface area contributed by atoms with Crippen molar-refractivity contribution in [2.24, 2.45) is 0 Å². The van der Waals surface area contributed by atoms with Gasteiger partial charge in [0.05, 0.1) is 18.4 Å². The summed E-state index contributed by atoms with van der Waals surface area (Å²) in [5.74, 6) is 0. The van der Waals surface area contributed by atoms with Crippen molar-refractivity contribution in [3.8, 4) is 0 Å². The smallest absolute Gasteiger partial charge is 0.0692 e. The van der Waals surface area contributed by atoms with Crippen LogP contribution in [0, 0.1) is 13.8 Å². The third kappa shape index (κ3) is 3.01. The Kier molecular flexibility index (Phi) is 4.31. The molecule has 0 fully saturated rings. The van der Waals surface area contributed by atoms with E-state index >= 15 is 0 Å². The molecule has 0 saturated heterocycles. The quantitative estimate of drug-likeness (QED) is 0.856. The van der Waals surface area contributed by atoms with Crippen molar-refractivity contribution in [2.45, 2.75) is 46.8 Å². The average molecular weight is 262 g/mol. The molecule has 0 aliphatic carbocycles. The summed E-state index contributed by atoms with van der Waals surface area (Å²) >= 11 is 0. The predicted octanol–water partition coefficient (Wildman–Crippen LogP) is 1.46. The normalized spacial score (nSPS) is 12.8. The maximum atomic E-state index is 4.56. The first kappa shape index (κ1) is 13.7. The second-order valence-electron chi connectivity index (χ2n) is 4.74. The fourth-order valence-electron chi connectivity index (χ4n) is 2.49. The molecule has 104 valence electrons. The van der Waals surface area contributed by atoms with E-state index < -0.39 is 0 Å². The van der Waals surface area contributed by atoms with E-state index in [1.54, 1.807) is 6.20 Å². The van der Waals surface area contributed by atoms with Gasteiger partial charge in [-0.1, -0.05) is 5.21 Å². The Morgan fingerprint density at radius 1 is 1.37 bits per heavy atom. The summed E-state index contributed by atoms with van der Waals surface area (Å²) in [6.07, 6.45) is 3.57. The number of rotatable bonds is 6. The lowest BCUT2D eigenvalue weighted by molar-refractivity contribution is 0.496. The Labute approximate surface area is 113 Å². The van der Waals surface area contributed by atoms with Gasteiger partial charge in [-0.25, -0.2) is 0 Å². The van der Waals surface area contributed by atoms with E-state index in [1.807, 2.05) is 10.9 Å². The number of hydrogen-bond acceptors (Lipinski definition) is 4. The molecule has 0 aliphatic heterocycles. The Bertz CT molecular complexity index is 513. The summed E-state index contributed by atoms with van der Waals surface area (Å²) in [5.41, 5.74) is 3.67. The van der Waals surface area contributed by atoms with Gasteiger partial charge in [-0.3, -0.25) is 9.36 Å². The molecule has 6 nitrogen and oxygen atoms in total. The number of nitrogens with one attached hydrogen (secondary N) is 1. The third-order valence-electron chi connectivity index (χ3n) is 3.43. The highest BCUT2D eigenvalue weighted by Gasteiger charge is 2.16. The molecule has 1 unspecified atom stereocenters. The van der Waals surface area contributed by atoms with Gasteiger partial charge in [0.15, 0.2) is 0 Å². The van der Waals surface area contributed by atoms with Crippen LogP contribution in [-0.4, -0.2) is 31.3 Å². The van der Waals surface area contributed by atoms with E-state index in [0.29, 0.717) is 6.04 Å². The van der Waals surface area contributed by atoms with Crippen LogP contribution in [0.2, 0.25) is 0 Å². The van der Waals surface area contributed by atoms with E-state index in [2.05, 4.69) is 53.1 Å². The van der Waals surface area contributed by atoms with Crippen LogP contribution in [0.3, 0.4) is 0 Å². The molecule has 1 atom stereocenters. The first-order valence-corrected chi connectivity index (χ1v) is 6.74. The molecule has 0 aromatic carbocycles. The van der Waals surface area contributed by atoms with Gasteiger partial charge >= 0.3 is 0 Å². The Balaban J connectivity index is 1.96. The van der Waals surface area contributed by atoms with Gasteiger partial charge in [0, 0.05) is 36.6 Å². The summed E-state index contributed by atoms with van der Waals surface area (Å²) in [4.78, 5) is 0. The van der Waals surface area contributed by atoms with Crippen molar-refractivity contribution in [1.82, 2.24) is 30.1 Å². The van der Waals surface area contributed by atoms with Crippen LogP contribution in [0.15, 0.2) is 12.4 Å². The molecule has 0 radical (unpaired) electrons. The van der Waals surface area contributed by atoms with Crippen molar-refractivity contribution < 1.29 is 0 Å². The van der Waals surface area contributed by atoms with Crippen LogP contribution in [0.4, 0.5) is 0 Å². The fraction of sp³-hybridized carbons (Fsp3) is 0.615. The van der Waals surface area contributed by atoms with Crippen LogP contribution in [0.5, 0.6) is 0 Å². The van der Waals surface area contributed by atoms with E-state index in [0.717, 1.165) is 25.3 Å². The van der Waals surface area contributed by atoms with E-state index in [-0.39, 0.29) is 0 Å². The maximum Gasteiger partial charge on any atom is 0.0692 e. The molecule has 0 amide bonds. The van der Waals surface area contributed by atoms with Crippen LogP contribution in [0.1, 0.15) is 36.8 Å². The molecule has 2 aromatic heterocycles.